The molecule has 1 saturated heterocycles. The van der Waals surface area contributed by atoms with Crippen LogP contribution >= 0.6 is 11.3 Å². The number of methoxy groups -OCH3 is 2. The predicted octanol–water partition coefficient (Wildman–Crippen LogP) is 1.94. The molecular formula is C14H21NO3S. The van der Waals surface area contributed by atoms with Crippen molar-refractivity contribution >= 4 is 17.3 Å². The second-order valence-electron chi connectivity index (χ2n) is 5.01. The highest BCUT2D eigenvalue weighted by atomic mass is 32.1. The molecule has 0 aliphatic carbocycles. The van der Waals surface area contributed by atoms with Crippen LogP contribution in [0.25, 0.3) is 0 Å². The summed E-state index contributed by atoms with van der Waals surface area (Å²) in [5, 5.41) is 4.25. The fourth-order valence-corrected chi connectivity index (χ4v) is 3.40. The first-order valence-corrected chi connectivity index (χ1v) is 7.47. The smallest absolute Gasteiger partial charge is 0.323 e. The molecule has 3 atom stereocenters. The van der Waals surface area contributed by atoms with Gasteiger partial charge in [0.15, 0.2) is 0 Å². The highest BCUT2D eigenvalue weighted by Crippen LogP contribution is 2.25. The van der Waals surface area contributed by atoms with E-state index in [0.29, 0.717) is 6.04 Å². The molecule has 4 nitrogen and oxygen atoms in total. The van der Waals surface area contributed by atoms with E-state index in [-0.39, 0.29) is 18.1 Å². The molecule has 0 unspecified atom stereocenters. The van der Waals surface area contributed by atoms with Crippen LogP contribution in [0.5, 0.6) is 0 Å². The summed E-state index contributed by atoms with van der Waals surface area (Å²) < 4.78 is 10.3. The molecule has 1 aromatic heterocycles. The lowest BCUT2D eigenvalue weighted by molar-refractivity contribution is -0.146. The number of esters is 1. The lowest BCUT2D eigenvalue weighted by Crippen LogP contribution is -2.43. The van der Waals surface area contributed by atoms with Crippen molar-refractivity contribution in [2.45, 2.75) is 38.0 Å². The molecule has 0 amide bonds. The quantitative estimate of drug-likeness (QED) is 0.774. The molecule has 0 spiro atoms. The van der Waals surface area contributed by atoms with E-state index in [1.54, 1.807) is 18.4 Å². The van der Waals surface area contributed by atoms with Crippen molar-refractivity contribution in [3.05, 3.63) is 22.4 Å². The van der Waals surface area contributed by atoms with Gasteiger partial charge in [0.25, 0.3) is 0 Å². The minimum Gasteiger partial charge on any atom is -0.468 e. The minimum atomic E-state index is -0.177. The molecule has 0 bridgehead atoms. The van der Waals surface area contributed by atoms with Crippen molar-refractivity contribution < 1.29 is 14.3 Å². The Balaban J connectivity index is 2.04. The Morgan fingerprint density at radius 2 is 2.37 bits per heavy atom. The lowest BCUT2D eigenvalue weighted by Gasteiger charge is -2.28. The van der Waals surface area contributed by atoms with E-state index in [9.17, 15) is 4.79 Å². The Bertz CT molecular complexity index is 407. The monoisotopic (exact) mass is 283 g/mol. The van der Waals surface area contributed by atoms with Gasteiger partial charge in [-0.15, -0.1) is 0 Å². The number of rotatable bonds is 5. The van der Waals surface area contributed by atoms with Gasteiger partial charge in [0.2, 0.25) is 0 Å². The van der Waals surface area contributed by atoms with Crippen molar-refractivity contribution in [1.82, 2.24) is 4.90 Å². The maximum absolute atomic E-state index is 11.9. The Kier molecular flexibility index (Phi) is 4.96. The van der Waals surface area contributed by atoms with Crippen LogP contribution in [-0.4, -0.2) is 49.8 Å². The largest absolute Gasteiger partial charge is 0.468 e. The van der Waals surface area contributed by atoms with Gasteiger partial charge in [0, 0.05) is 26.1 Å². The SMILES string of the molecule is COC(=O)[C@@H]1C[C@@H](OC)CN1[C@@H](C)Cc1ccsc1. The highest BCUT2D eigenvalue weighted by molar-refractivity contribution is 7.07. The summed E-state index contributed by atoms with van der Waals surface area (Å²) in [6.07, 6.45) is 1.79. The van der Waals surface area contributed by atoms with Crippen LogP contribution in [-0.2, 0) is 20.7 Å². The van der Waals surface area contributed by atoms with Gasteiger partial charge in [-0.05, 0) is 35.7 Å². The molecule has 106 valence electrons. The van der Waals surface area contributed by atoms with Gasteiger partial charge in [-0.1, -0.05) is 0 Å². The van der Waals surface area contributed by atoms with Crippen LogP contribution in [0.1, 0.15) is 18.9 Å². The van der Waals surface area contributed by atoms with Gasteiger partial charge in [0.05, 0.1) is 13.2 Å². The van der Waals surface area contributed by atoms with E-state index < -0.39 is 0 Å². The highest BCUT2D eigenvalue weighted by Gasteiger charge is 2.39. The number of likely N-dealkylation sites (tertiary alicyclic amines) is 1. The molecule has 1 aliphatic heterocycles. The van der Waals surface area contributed by atoms with Crippen LogP contribution < -0.4 is 0 Å². The molecule has 19 heavy (non-hydrogen) atoms. The number of hydrogen-bond donors (Lipinski definition) is 0. The summed E-state index contributed by atoms with van der Waals surface area (Å²) in [5.74, 6) is -0.156. The third-order valence-corrected chi connectivity index (χ3v) is 4.52. The number of nitrogens with zero attached hydrogens (tertiary/aromatic N) is 1. The predicted molar refractivity (Wildman–Crippen MR) is 75.4 cm³/mol. The van der Waals surface area contributed by atoms with Gasteiger partial charge in [-0.25, -0.2) is 0 Å². The lowest BCUT2D eigenvalue weighted by atomic mass is 10.1. The minimum absolute atomic E-state index is 0.119. The molecule has 2 heterocycles. The Labute approximate surface area is 118 Å². The molecule has 1 aromatic rings. The summed E-state index contributed by atoms with van der Waals surface area (Å²) in [5.41, 5.74) is 1.32. The fraction of sp³-hybridized carbons (Fsp3) is 0.643. The van der Waals surface area contributed by atoms with Crippen molar-refractivity contribution in [2.24, 2.45) is 0 Å². The van der Waals surface area contributed by atoms with Gasteiger partial charge in [0.1, 0.15) is 6.04 Å². The maximum atomic E-state index is 11.9. The van der Waals surface area contributed by atoms with E-state index >= 15 is 0 Å². The van der Waals surface area contributed by atoms with Crippen LogP contribution in [0.15, 0.2) is 16.8 Å². The van der Waals surface area contributed by atoms with Crippen molar-refractivity contribution in [3.63, 3.8) is 0 Å². The number of hydrogen-bond acceptors (Lipinski definition) is 5. The zero-order valence-corrected chi connectivity index (χ0v) is 12.5. The molecule has 1 aliphatic rings. The first-order valence-electron chi connectivity index (χ1n) is 6.53. The van der Waals surface area contributed by atoms with Crippen molar-refractivity contribution in [1.29, 1.82) is 0 Å². The van der Waals surface area contributed by atoms with Crippen LogP contribution in [0.2, 0.25) is 0 Å². The average Bonchev–Trinajstić information content (AvgIpc) is 3.06. The first kappa shape index (κ1) is 14.5. The molecule has 0 N–H and O–H groups in total. The summed E-state index contributed by atoms with van der Waals surface area (Å²) in [6.45, 7) is 2.95. The van der Waals surface area contributed by atoms with Crippen LogP contribution in [0, 0.1) is 0 Å². The number of ether oxygens (including phenoxy) is 2. The van der Waals surface area contributed by atoms with Crippen molar-refractivity contribution in [3.8, 4) is 0 Å². The maximum Gasteiger partial charge on any atom is 0.323 e. The normalized spacial score (nSPS) is 25.4. The second-order valence-corrected chi connectivity index (χ2v) is 5.79. The van der Waals surface area contributed by atoms with Crippen LogP contribution in [0.4, 0.5) is 0 Å². The third kappa shape index (κ3) is 3.35. The Morgan fingerprint density at radius 1 is 1.58 bits per heavy atom. The van der Waals surface area contributed by atoms with Gasteiger partial charge in [-0.2, -0.15) is 11.3 Å². The van der Waals surface area contributed by atoms with Gasteiger partial charge >= 0.3 is 5.97 Å². The van der Waals surface area contributed by atoms with Gasteiger partial charge < -0.3 is 9.47 Å². The topological polar surface area (TPSA) is 38.8 Å². The molecule has 0 saturated carbocycles. The van der Waals surface area contributed by atoms with Gasteiger partial charge in [-0.3, -0.25) is 9.69 Å². The van der Waals surface area contributed by atoms with E-state index in [1.165, 1.54) is 12.7 Å². The van der Waals surface area contributed by atoms with Crippen molar-refractivity contribution in [2.75, 3.05) is 20.8 Å². The van der Waals surface area contributed by atoms with Crippen LogP contribution in [0.3, 0.4) is 0 Å². The summed E-state index contributed by atoms with van der Waals surface area (Å²) in [7, 11) is 3.15. The number of carbonyl (C=O) groups excluding carboxylic acids is 1. The zero-order valence-electron chi connectivity index (χ0n) is 11.7. The van der Waals surface area contributed by atoms with E-state index in [0.717, 1.165) is 19.4 Å². The van der Waals surface area contributed by atoms with E-state index in [2.05, 4.69) is 28.7 Å². The standard InChI is InChI=1S/C14H21NO3S/c1-10(6-11-4-5-19-9-11)15-8-12(17-2)7-13(15)14(16)18-3/h4-5,9-10,12-13H,6-8H2,1-3H3/t10-,12+,13-/m0/s1. The first-order chi connectivity index (χ1) is 9.15. The number of carbonyl (C=O) groups is 1. The molecule has 5 heteroatoms. The summed E-state index contributed by atoms with van der Waals surface area (Å²) in [6, 6.07) is 2.26. The van der Waals surface area contributed by atoms with E-state index in [4.69, 9.17) is 9.47 Å². The molecule has 0 radical (unpaired) electrons. The second kappa shape index (κ2) is 6.50. The summed E-state index contributed by atoms with van der Waals surface area (Å²) >= 11 is 1.71. The number of thiophene rings is 1. The Morgan fingerprint density at radius 3 is 2.95 bits per heavy atom. The molecule has 2 rings (SSSR count). The van der Waals surface area contributed by atoms with E-state index in [1.807, 2.05) is 0 Å². The molecule has 1 fully saturated rings. The summed E-state index contributed by atoms with van der Waals surface area (Å²) in [4.78, 5) is 14.1. The third-order valence-electron chi connectivity index (χ3n) is 3.78. The fourth-order valence-electron chi connectivity index (χ4n) is 2.71. The Hall–Kier alpha value is -0.910. The average molecular weight is 283 g/mol. The molecular weight excluding hydrogens is 262 g/mol. The zero-order chi connectivity index (χ0) is 13.8. The molecule has 0 aromatic carbocycles.